The average Bonchev–Trinajstić information content (AvgIpc) is 2.93. The molecule has 1 aromatic carbocycles. The summed E-state index contributed by atoms with van der Waals surface area (Å²) < 4.78 is 7.28. The summed E-state index contributed by atoms with van der Waals surface area (Å²) in [6, 6.07) is 11.2. The van der Waals surface area contributed by atoms with E-state index in [-0.39, 0.29) is 12.5 Å². The monoisotopic (exact) mass is 329 g/mol. The van der Waals surface area contributed by atoms with E-state index >= 15 is 0 Å². The number of aromatic nitrogens is 2. The van der Waals surface area contributed by atoms with Crippen LogP contribution < -0.4 is 10.1 Å². The Balaban J connectivity index is 1.53. The zero-order valence-corrected chi connectivity index (χ0v) is 13.4. The van der Waals surface area contributed by atoms with Crippen LogP contribution in [0.2, 0.25) is 5.02 Å². The fourth-order valence-electron chi connectivity index (χ4n) is 2.20. The molecule has 0 fully saturated rings. The van der Waals surface area contributed by atoms with E-state index in [0.29, 0.717) is 17.3 Å². The second-order valence-electron chi connectivity index (χ2n) is 5.23. The van der Waals surface area contributed by atoms with Crippen LogP contribution in [0.3, 0.4) is 0 Å². The van der Waals surface area contributed by atoms with E-state index in [2.05, 4.69) is 10.3 Å². The molecule has 2 aromatic heterocycles. The fourth-order valence-corrected chi connectivity index (χ4v) is 2.36. The van der Waals surface area contributed by atoms with Gasteiger partial charge in [-0.3, -0.25) is 4.79 Å². The number of nitrogens with zero attached hydrogens (tertiary/aromatic N) is 2. The molecule has 23 heavy (non-hydrogen) atoms. The Morgan fingerprint density at radius 1 is 1.30 bits per heavy atom. The molecule has 6 heteroatoms. The molecule has 0 unspecified atom stereocenters. The van der Waals surface area contributed by atoms with E-state index in [4.69, 9.17) is 16.3 Å². The Labute approximate surface area is 138 Å². The Bertz CT molecular complexity index is 845. The van der Waals surface area contributed by atoms with E-state index < -0.39 is 0 Å². The van der Waals surface area contributed by atoms with E-state index in [1.54, 1.807) is 12.3 Å². The lowest BCUT2D eigenvalue weighted by molar-refractivity contribution is -0.123. The molecule has 3 aromatic rings. The molecule has 0 bridgehead atoms. The Kier molecular flexibility index (Phi) is 4.48. The van der Waals surface area contributed by atoms with Gasteiger partial charge in [-0.05, 0) is 36.8 Å². The summed E-state index contributed by atoms with van der Waals surface area (Å²) in [7, 11) is 0. The van der Waals surface area contributed by atoms with E-state index in [1.165, 1.54) is 0 Å². The van der Waals surface area contributed by atoms with Gasteiger partial charge >= 0.3 is 0 Å². The van der Waals surface area contributed by atoms with Crippen LogP contribution in [0.15, 0.2) is 48.8 Å². The van der Waals surface area contributed by atoms with Gasteiger partial charge in [0.05, 0.1) is 17.3 Å². The number of ether oxygens (including phenoxy) is 1. The lowest BCUT2D eigenvalue weighted by Crippen LogP contribution is -2.28. The maximum atomic E-state index is 11.9. The number of benzene rings is 1. The summed E-state index contributed by atoms with van der Waals surface area (Å²) in [6.07, 6.45) is 3.61. The van der Waals surface area contributed by atoms with Crippen molar-refractivity contribution in [2.75, 3.05) is 6.61 Å². The third-order valence-corrected chi connectivity index (χ3v) is 3.51. The second-order valence-corrected chi connectivity index (χ2v) is 5.66. The first-order chi connectivity index (χ1) is 11.1. The molecule has 3 rings (SSSR count). The predicted molar refractivity (Wildman–Crippen MR) is 88.7 cm³/mol. The van der Waals surface area contributed by atoms with Crippen LogP contribution in [-0.4, -0.2) is 21.9 Å². The highest BCUT2D eigenvalue weighted by Gasteiger charge is 2.06. The molecule has 0 aliphatic heterocycles. The van der Waals surface area contributed by atoms with Crippen molar-refractivity contribution in [3.8, 4) is 5.75 Å². The number of hydrogen-bond donors (Lipinski definition) is 1. The Morgan fingerprint density at radius 3 is 3.00 bits per heavy atom. The number of rotatable bonds is 5. The molecule has 0 radical (unpaired) electrons. The Hall–Kier alpha value is -2.53. The predicted octanol–water partition coefficient (Wildman–Crippen LogP) is 2.99. The highest BCUT2D eigenvalue weighted by atomic mass is 35.5. The number of aryl methyl sites for hydroxylation is 1. The van der Waals surface area contributed by atoms with Crippen molar-refractivity contribution in [1.29, 1.82) is 0 Å². The van der Waals surface area contributed by atoms with E-state index in [9.17, 15) is 4.79 Å². The molecule has 0 aliphatic carbocycles. The summed E-state index contributed by atoms with van der Waals surface area (Å²) in [5.41, 5.74) is 2.64. The first-order valence-corrected chi connectivity index (χ1v) is 7.57. The van der Waals surface area contributed by atoms with Gasteiger partial charge in [-0.25, -0.2) is 4.98 Å². The zero-order valence-electron chi connectivity index (χ0n) is 12.6. The second kappa shape index (κ2) is 6.71. The fraction of sp³-hybridized carbons (Fsp3) is 0.176. The standard InChI is InChI=1S/C17H16ClN3O2/c1-12-3-2-4-15(7-12)23-11-17(22)19-8-14-10-21-9-13(18)5-6-16(21)20-14/h2-7,9-10H,8,11H2,1H3,(H,19,22). The minimum Gasteiger partial charge on any atom is -0.484 e. The van der Waals surface area contributed by atoms with Crippen molar-refractivity contribution in [2.24, 2.45) is 0 Å². The minimum atomic E-state index is -0.193. The lowest BCUT2D eigenvalue weighted by Gasteiger charge is -2.07. The summed E-state index contributed by atoms with van der Waals surface area (Å²) in [5, 5.41) is 3.42. The van der Waals surface area contributed by atoms with Gasteiger partial charge in [-0.2, -0.15) is 0 Å². The summed E-state index contributed by atoms with van der Waals surface area (Å²) in [4.78, 5) is 16.3. The van der Waals surface area contributed by atoms with Gasteiger partial charge < -0.3 is 14.5 Å². The van der Waals surface area contributed by atoms with Crippen LogP contribution in [0.4, 0.5) is 0 Å². The van der Waals surface area contributed by atoms with Crippen molar-refractivity contribution in [2.45, 2.75) is 13.5 Å². The average molecular weight is 330 g/mol. The molecule has 5 nitrogen and oxygen atoms in total. The Morgan fingerprint density at radius 2 is 2.17 bits per heavy atom. The number of nitrogens with one attached hydrogen (secondary N) is 1. The van der Waals surface area contributed by atoms with Gasteiger partial charge in [0.2, 0.25) is 0 Å². The highest BCUT2D eigenvalue weighted by Crippen LogP contribution is 2.13. The van der Waals surface area contributed by atoms with Gasteiger partial charge in [0.25, 0.3) is 5.91 Å². The van der Waals surface area contributed by atoms with Gasteiger partial charge in [0, 0.05) is 12.4 Å². The molecule has 0 atom stereocenters. The van der Waals surface area contributed by atoms with E-state index in [1.807, 2.05) is 47.9 Å². The van der Waals surface area contributed by atoms with Gasteiger partial charge in [0.15, 0.2) is 6.61 Å². The number of halogens is 1. The number of imidazole rings is 1. The molecule has 1 amide bonds. The zero-order chi connectivity index (χ0) is 16.2. The number of fused-ring (bicyclic) bond motifs is 1. The molecular weight excluding hydrogens is 314 g/mol. The number of pyridine rings is 1. The molecular formula is C17H16ClN3O2. The number of amides is 1. The molecule has 0 spiro atoms. The van der Waals surface area contributed by atoms with Crippen molar-refractivity contribution in [3.05, 3.63) is 65.1 Å². The van der Waals surface area contributed by atoms with Crippen LogP contribution >= 0.6 is 11.6 Å². The molecule has 2 heterocycles. The van der Waals surface area contributed by atoms with Crippen LogP contribution in [0, 0.1) is 6.92 Å². The van der Waals surface area contributed by atoms with Crippen molar-refractivity contribution >= 4 is 23.2 Å². The lowest BCUT2D eigenvalue weighted by atomic mass is 10.2. The molecule has 1 N–H and O–H groups in total. The van der Waals surface area contributed by atoms with Gasteiger partial charge in [-0.15, -0.1) is 0 Å². The van der Waals surface area contributed by atoms with Gasteiger partial charge in [-0.1, -0.05) is 23.7 Å². The molecule has 0 saturated heterocycles. The van der Waals surface area contributed by atoms with Crippen LogP contribution in [0.5, 0.6) is 5.75 Å². The smallest absolute Gasteiger partial charge is 0.258 e. The van der Waals surface area contributed by atoms with Gasteiger partial charge in [0.1, 0.15) is 11.4 Å². The third-order valence-electron chi connectivity index (χ3n) is 3.29. The van der Waals surface area contributed by atoms with Crippen LogP contribution in [-0.2, 0) is 11.3 Å². The molecule has 118 valence electrons. The first-order valence-electron chi connectivity index (χ1n) is 7.19. The SMILES string of the molecule is Cc1cccc(OCC(=O)NCc2cn3cc(Cl)ccc3n2)c1. The summed E-state index contributed by atoms with van der Waals surface area (Å²) >= 11 is 5.93. The normalized spacial score (nSPS) is 10.7. The van der Waals surface area contributed by atoms with Crippen molar-refractivity contribution in [3.63, 3.8) is 0 Å². The molecule has 0 saturated carbocycles. The number of carbonyl (C=O) groups is 1. The first kappa shape index (κ1) is 15.4. The quantitative estimate of drug-likeness (QED) is 0.783. The highest BCUT2D eigenvalue weighted by molar-refractivity contribution is 6.30. The number of hydrogen-bond acceptors (Lipinski definition) is 3. The van der Waals surface area contributed by atoms with Crippen molar-refractivity contribution in [1.82, 2.24) is 14.7 Å². The van der Waals surface area contributed by atoms with Crippen molar-refractivity contribution < 1.29 is 9.53 Å². The third kappa shape index (κ3) is 4.02. The van der Waals surface area contributed by atoms with E-state index in [0.717, 1.165) is 16.9 Å². The van der Waals surface area contributed by atoms with Crippen LogP contribution in [0.25, 0.3) is 5.65 Å². The maximum Gasteiger partial charge on any atom is 0.258 e. The summed E-state index contributed by atoms with van der Waals surface area (Å²) in [5.74, 6) is 0.490. The number of carbonyl (C=O) groups excluding carboxylic acids is 1. The van der Waals surface area contributed by atoms with Crippen LogP contribution in [0.1, 0.15) is 11.3 Å². The topological polar surface area (TPSA) is 55.6 Å². The maximum absolute atomic E-state index is 11.9. The molecule has 0 aliphatic rings. The largest absolute Gasteiger partial charge is 0.484 e. The summed E-state index contributed by atoms with van der Waals surface area (Å²) in [6.45, 7) is 2.29. The minimum absolute atomic E-state index is 0.0251.